The van der Waals surface area contributed by atoms with Gasteiger partial charge in [0.2, 0.25) is 0 Å². The van der Waals surface area contributed by atoms with Crippen LogP contribution in [0.5, 0.6) is 0 Å². The van der Waals surface area contributed by atoms with E-state index in [-0.39, 0.29) is 5.92 Å². The zero-order chi connectivity index (χ0) is 7.82. The highest BCUT2D eigenvalue weighted by Gasteiger charge is 1.92. The van der Waals surface area contributed by atoms with Crippen molar-refractivity contribution >= 4 is 6.29 Å². The van der Waals surface area contributed by atoms with Gasteiger partial charge >= 0.3 is 0 Å². The van der Waals surface area contributed by atoms with Crippen LogP contribution in [-0.2, 0) is 4.79 Å². The first kappa shape index (κ1) is 9.41. The summed E-state index contributed by atoms with van der Waals surface area (Å²) in [6, 6.07) is 0. The molecule has 0 saturated carbocycles. The van der Waals surface area contributed by atoms with Gasteiger partial charge in [-0.25, -0.2) is 0 Å². The number of carbonyl (C=O) groups is 1. The van der Waals surface area contributed by atoms with Crippen molar-refractivity contribution in [2.45, 2.75) is 33.1 Å². The van der Waals surface area contributed by atoms with Gasteiger partial charge < -0.3 is 4.79 Å². The SMILES string of the molecule is CCC/C=C/CC(C)C=O. The molecule has 0 spiro atoms. The molecule has 58 valence electrons. The van der Waals surface area contributed by atoms with E-state index in [1.165, 1.54) is 6.42 Å². The summed E-state index contributed by atoms with van der Waals surface area (Å²) < 4.78 is 0. The Morgan fingerprint density at radius 1 is 1.40 bits per heavy atom. The molecule has 0 aromatic carbocycles. The Balaban J connectivity index is 3.24. The third-order valence-corrected chi connectivity index (χ3v) is 1.36. The van der Waals surface area contributed by atoms with Gasteiger partial charge in [-0.3, -0.25) is 0 Å². The van der Waals surface area contributed by atoms with E-state index in [4.69, 9.17) is 0 Å². The van der Waals surface area contributed by atoms with Gasteiger partial charge in [0.25, 0.3) is 0 Å². The molecule has 0 aliphatic carbocycles. The molecule has 1 nitrogen and oxygen atoms in total. The summed E-state index contributed by atoms with van der Waals surface area (Å²) in [6.07, 6.45) is 8.43. The molecule has 0 aromatic rings. The number of hydrogen-bond donors (Lipinski definition) is 0. The van der Waals surface area contributed by atoms with Crippen LogP contribution in [0.4, 0.5) is 0 Å². The highest BCUT2D eigenvalue weighted by molar-refractivity contribution is 5.52. The number of carbonyl (C=O) groups excluding carboxylic acids is 1. The summed E-state index contributed by atoms with van der Waals surface area (Å²) in [6.45, 7) is 4.08. The molecule has 0 aliphatic heterocycles. The first-order valence-corrected chi connectivity index (χ1v) is 3.91. The Bertz CT molecular complexity index is 105. The smallest absolute Gasteiger partial charge is 0.123 e. The van der Waals surface area contributed by atoms with E-state index in [2.05, 4.69) is 19.1 Å². The summed E-state index contributed by atoms with van der Waals surface area (Å²) in [7, 11) is 0. The lowest BCUT2D eigenvalue weighted by molar-refractivity contribution is -0.110. The van der Waals surface area contributed by atoms with Gasteiger partial charge in [-0.1, -0.05) is 32.4 Å². The molecule has 0 aliphatic rings. The van der Waals surface area contributed by atoms with Crippen molar-refractivity contribution in [2.75, 3.05) is 0 Å². The van der Waals surface area contributed by atoms with E-state index in [1.54, 1.807) is 0 Å². The molecule has 10 heavy (non-hydrogen) atoms. The second kappa shape index (κ2) is 6.53. The van der Waals surface area contributed by atoms with Crippen molar-refractivity contribution in [2.24, 2.45) is 5.92 Å². The van der Waals surface area contributed by atoms with E-state index in [0.717, 1.165) is 19.1 Å². The van der Waals surface area contributed by atoms with Crippen LogP contribution < -0.4 is 0 Å². The van der Waals surface area contributed by atoms with E-state index in [9.17, 15) is 4.79 Å². The van der Waals surface area contributed by atoms with Crippen LogP contribution in [0, 0.1) is 5.92 Å². The fourth-order valence-electron chi connectivity index (χ4n) is 0.651. The zero-order valence-electron chi connectivity index (χ0n) is 6.84. The molecule has 0 heterocycles. The summed E-state index contributed by atoms with van der Waals surface area (Å²) in [5.74, 6) is 0.188. The monoisotopic (exact) mass is 140 g/mol. The van der Waals surface area contributed by atoms with Gasteiger partial charge in [0.1, 0.15) is 6.29 Å². The minimum atomic E-state index is 0.188. The zero-order valence-corrected chi connectivity index (χ0v) is 6.84. The Hall–Kier alpha value is -0.590. The molecule has 1 heteroatoms. The number of allylic oxidation sites excluding steroid dienone is 2. The lowest BCUT2D eigenvalue weighted by atomic mass is 10.1. The average Bonchev–Trinajstić information content (AvgIpc) is 1.98. The van der Waals surface area contributed by atoms with Crippen LogP contribution in [0.3, 0.4) is 0 Å². The maximum absolute atomic E-state index is 10.1. The minimum Gasteiger partial charge on any atom is -0.303 e. The lowest BCUT2D eigenvalue weighted by Gasteiger charge is -1.94. The average molecular weight is 140 g/mol. The highest BCUT2D eigenvalue weighted by Crippen LogP contribution is 1.99. The van der Waals surface area contributed by atoms with E-state index >= 15 is 0 Å². The van der Waals surface area contributed by atoms with E-state index in [1.807, 2.05) is 6.92 Å². The predicted octanol–water partition coefficient (Wildman–Crippen LogP) is 2.57. The van der Waals surface area contributed by atoms with Crippen molar-refractivity contribution < 1.29 is 4.79 Å². The normalized spacial score (nSPS) is 13.8. The van der Waals surface area contributed by atoms with Gasteiger partial charge in [-0.15, -0.1) is 0 Å². The fourth-order valence-corrected chi connectivity index (χ4v) is 0.651. The summed E-state index contributed by atoms with van der Waals surface area (Å²) in [5.41, 5.74) is 0. The van der Waals surface area contributed by atoms with Gasteiger partial charge in [0, 0.05) is 5.92 Å². The van der Waals surface area contributed by atoms with Gasteiger partial charge in [0.15, 0.2) is 0 Å². The first-order chi connectivity index (χ1) is 4.81. The minimum absolute atomic E-state index is 0.188. The topological polar surface area (TPSA) is 17.1 Å². The van der Waals surface area contributed by atoms with Crippen LogP contribution in [0.1, 0.15) is 33.1 Å². The van der Waals surface area contributed by atoms with Crippen LogP contribution >= 0.6 is 0 Å². The van der Waals surface area contributed by atoms with Crippen molar-refractivity contribution in [1.29, 1.82) is 0 Å². The largest absolute Gasteiger partial charge is 0.303 e. The van der Waals surface area contributed by atoms with Crippen molar-refractivity contribution in [1.82, 2.24) is 0 Å². The molecule has 1 atom stereocenters. The maximum atomic E-state index is 10.1. The Kier molecular flexibility index (Phi) is 6.14. The van der Waals surface area contributed by atoms with Gasteiger partial charge in [-0.2, -0.15) is 0 Å². The molecule has 0 fully saturated rings. The lowest BCUT2D eigenvalue weighted by Crippen LogP contribution is -1.91. The molecule has 0 radical (unpaired) electrons. The molecule has 0 saturated heterocycles. The second-order valence-electron chi connectivity index (χ2n) is 2.61. The highest BCUT2D eigenvalue weighted by atomic mass is 16.1. The molecule has 0 N–H and O–H groups in total. The number of rotatable bonds is 5. The number of aldehydes is 1. The number of unbranched alkanes of at least 4 members (excludes halogenated alkanes) is 1. The van der Waals surface area contributed by atoms with Crippen molar-refractivity contribution in [3.63, 3.8) is 0 Å². The van der Waals surface area contributed by atoms with Gasteiger partial charge in [0.05, 0.1) is 0 Å². The summed E-state index contributed by atoms with van der Waals surface area (Å²) >= 11 is 0. The van der Waals surface area contributed by atoms with Crippen LogP contribution in [-0.4, -0.2) is 6.29 Å². The Morgan fingerprint density at radius 2 is 2.10 bits per heavy atom. The Labute approximate surface area is 63.1 Å². The van der Waals surface area contributed by atoms with E-state index < -0.39 is 0 Å². The molecular weight excluding hydrogens is 124 g/mol. The molecular formula is C9H16O. The maximum Gasteiger partial charge on any atom is 0.123 e. The van der Waals surface area contributed by atoms with Crippen LogP contribution in [0.2, 0.25) is 0 Å². The molecule has 1 unspecified atom stereocenters. The second-order valence-corrected chi connectivity index (χ2v) is 2.61. The van der Waals surface area contributed by atoms with Crippen LogP contribution in [0.25, 0.3) is 0 Å². The summed E-state index contributed by atoms with van der Waals surface area (Å²) in [5, 5.41) is 0. The predicted molar refractivity (Wildman–Crippen MR) is 43.9 cm³/mol. The van der Waals surface area contributed by atoms with E-state index in [0.29, 0.717) is 0 Å². The fraction of sp³-hybridized carbons (Fsp3) is 0.667. The quantitative estimate of drug-likeness (QED) is 0.423. The molecule has 0 bridgehead atoms. The van der Waals surface area contributed by atoms with Gasteiger partial charge in [-0.05, 0) is 12.8 Å². The standard InChI is InChI=1S/C9H16O/c1-3-4-5-6-7-9(2)8-10/h5-6,8-9H,3-4,7H2,1-2H3/b6-5+. The summed E-state index contributed by atoms with van der Waals surface area (Å²) in [4.78, 5) is 10.1. The third kappa shape index (κ3) is 5.54. The van der Waals surface area contributed by atoms with Crippen molar-refractivity contribution in [3.05, 3.63) is 12.2 Å². The third-order valence-electron chi connectivity index (χ3n) is 1.36. The number of hydrogen-bond acceptors (Lipinski definition) is 1. The molecule has 0 rings (SSSR count). The molecule has 0 amide bonds. The van der Waals surface area contributed by atoms with Crippen LogP contribution in [0.15, 0.2) is 12.2 Å². The van der Waals surface area contributed by atoms with Crippen molar-refractivity contribution in [3.8, 4) is 0 Å². The Morgan fingerprint density at radius 3 is 2.60 bits per heavy atom. The molecule has 0 aromatic heterocycles. The first-order valence-electron chi connectivity index (χ1n) is 3.91.